The molecule has 0 aliphatic rings. The minimum absolute atomic E-state index is 0.444. The Morgan fingerprint density at radius 2 is 1.76 bits per heavy atom. The molecule has 2 nitrogen and oxygen atoms in total. The SMILES string of the molecule is CNCC(CCOc1cccc(Br)c1)c1cccc(Br)c1. The summed E-state index contributed by atoms with van der Waals surface area (Å²) in [5.41, 5.74) is 1.33. The summed E-state index contributed by atoms with van der Waals surface area (Å²) in [6.07, 6.45) is 0.976. The molecule has 0 saturated carbocycles. The molecule has 0 spiro atoms. The van der Waals surface area contributed by atoms with Crippen molar-refractivity contribution < 1.29 is 4.74 Å². The van der Waals surface area contributed by atoms with Gasteiger partial charge in [-0.1, -0.05) is 50.1 Å². The number of benzene rings is 2. The average molecular weight is 413 g/mol. The highest BCUT2D eigenvalue weighted by Gasteiger charge is 2.11. The smallest absolute Gasteiger partial charge is 0.120 e. The Labute approximate surface area is 143 Å². The van der Waals surface area contributed by atoms with Gasteiger partial charge in [0.05, 0.1) is 6.61 Å². The molecular formula is C17H19Br2NO. The third-order valence-corrected chi connectivity index (χ3v) is 4.29. The van der Waals surface area contributed by atoms with Crippen LogP contribution in [0.1, 0.15) is 17.9 Å². The molecule has 1 N–H and O–H groups in total. The maximum Gasteiger partial charge on any atom is 0.120 e. The molecule has 4 heteroatoms. The van der Waals surface area contributed by atoms with Gasteiger partial charge in [-0.3, -0.25) is 0 Å². The average Bonchev–Trinajstić information content (AvgIpc) is 2.46. The molecule has 1 atom stereocenters. The minimum Gasteiger partial charge on any atom is -0.494 e. The number of halogens is 2. The highest BCUT2D eigenvalue weighted by atomic mass is 79.9. The third kappa shape index (κ3) is 5.46. The number of likely N-dealkylation sites (N-methyl/N-ethyl adjacent to an activating group) is 1. The van der Waals surface area contributed by atoms with Gasteiger partial charge in [0, 0.05) is 15.5 Å². The van der Waals surface area contributed by atoms with Gasteiger partial charge in [0.15, 0.2) is 0 Å². The molecular weight excluding hydrogens is 394 g/mol. The zero-order valence-corrected chi connectivity index (χ0v) is 15.2. The van der Waals surface area contributed by atoms with Crippen molar-refractivity contribution in [2.75, 3.05) is 20.2 Å². The van der Waals surface area contributed by atoms with E-state index in [1.165, 1.54) is 5.56 Å². The Kier molecular flexibility index (Phi) is 6.74. The van der Waals surface area contributed by atoms with Crippen molar-refractivity contribution in [1.82, 2.24) is 5.32 Å². The number of ether oxygens (including phenoxy) is 1. The van der Waals surface area contributed by atoms with Gasteiger partial charge in [0.2, 0.25) is 0 Å². The number of rotatable bonds is 7. The molecule has 2 aromatic rings. The molecule has 0 aliphatic heterocycles. The molecule has 0 fully saturated rings. The lowest BCUT2D eigenvalue weighted by molar-refractivity contribution is 0.296. The number of hydrogen-bond acceptors (Lipinski definition) is 2. The zero-order chi connectivity index (χ0) is 15.1. The molecule has 2 rings (SSSR count). The molecule has 0 radical (unpaired) electrons. The molecule has 0 saturated heterocycles. The lowest BCUT2D eigenvalue weighted by atomic mass is 9.96. The second-order valence-electron chi connectivity index (χ2n) is 4.90. The van der Waals surface area contributed by atoms with Crippen LogP contribution in [-0.2, 0) is 0 Å². The van der Waals surface area contributed by atoms with Crippen LogP contribution in [0.25, 0.3) is 0 Å². The second kappa shape index (κ2) is 8.57. The molecule has 0 bridgehead atoms. The Morgan fingerprint density at radius 3 is 2.43 bits per heavy atom. The van der Waals surface area contributed by atoms with Gasteiger partial charge in [0.25, 0.3) is 0 Å². The minimum atomic E-state index is 0.444. The first-order valence-electron chi connectivity index (χ1n) is 6.97. The first kappa shape index (κ1) is 16.5. The van der Waals surface area contributed by atoms with Crippen molar-refractivity contribution in [3.63, 3.8) is 0 Å². The molecule has 21 heavy (non-hydrogen) atoms. The first-order chi connectivity index (χ1) is 10.2. The van der Waals surface area contributed by atoms with Crippen LogP contribution in [-0.4, -0.2) is 20.2 Å². The van der Waals surface area contributed by atoms with E-state index in [2.05, 4.69) is 61.4 Å². The van der Waals surface area contributed by atoms with E-state index in [9.17, 15) is 0 Å². The van der Waals surface area contributed by atoms with Crippen LogP contribution in [0.4, 0.5) is 0 Å². The fraction of sp³-hybridized carbons (Fsp3) is 0.294. The van der Waals surface area contributed by atoms with Gasteiger partial charge in [0.1, 0.15) is 5.75 Å². The predicted octanol–water partition coefficient (Wildman–Crippen LogP) is 4.98. The van der Waals surface area contributed by atoms with Gasteiger partial charge < -0.3 is 10.1 Å². The van der Waals surface area contributed by atoms with Gasteiger partial charge in [-0.05, 0) is 55.3 Å². The highest BCUT2D eigenvalue weighted by molar-refractivity contribution is 9.10. The van der Waals surface area contributed by atoms with E-state index in [4.69, 9.17) is 4.74 Å². The maximum absolute atomic E-state index is 5.85. The van der Waals surface area contributed by atoms with Crippen LogP contribution in [0.15, 0.2) is 57.5 Å². The summed E-state index contributed by atoms with van der Waals surface area (Å²) in [5.74, 6) is 1.35. The predicted molar refractivity (Wildman–Crippen MR) is 95.1 cm³/mol. The van der Waals surface area contributed by atoms with E-state index in [0.717, 1.165) is 27.7 Å². The molecule has 0 heterocycles. The van der Waals surface area contributed by atoms with Gasteiger partial charge >= 0.3 is 0 Å². The highest BCUT2D eigenvalue weighted by Crippen LogP contribution is 2.24. The van der Waals surface area contributed by atoms with E-state index in [1.54, 1.807) is 0 Å². The standard InChI is InChI=1S/C17H19Br2NO/c1-20-12-14(13-4-2-5-15(18)10-13)8-9-21-17-7-3-6-16(19)11-17/h2-7,10-11,14,20H,8-9,12H2,1H3. The Balaban J connectivity index is 1.94. The molecule has 0 amide bonds. The van der Waals surface area contributed by atoms with Crippen molar-refractivity contribution >= 4 is 31.9 Å². The second-order valence-corrected chi connectivity index (χ2v) is 6.74. The lowest BCUT2D eigenvalue weighted by Crippen LogP contribution is -2.19. The molecule has 0 aliphatic carbocycles. The topological polar surface area (TPSA) is 21.3 Å². The fourth-order valence-corrected chi connectivity index (χ4v) is 3.06. The third-order valence-electron chi connectivity index (χ3n) is 3.30. The van der Waals surface area contributed by atoms with E-state index in [1.807, 2.05) is 31.3 Å². The normalized spacial score (nSPS) is 12.1. The number of hydrogen-bond donors (Lipinski definition) is 1. The summed E-state index contributed by atoms with van der Waals surface area (Å²) in [6.45, 7) is 1.65. The van der Waals surface area contributed by atoms with Crippen molar-refractivity contribution in [1.29, 1.82) is 0 Å². The van der Waals surface area contributed by atoms with Crippen molar-refractivity contribution in [2.24, 2.45) is 0 Å². The largest absolute Gasteiger partial charge is 0.494 e. The summed E-state index contributed by atoms with van der Waals surface area (Å²) in [5, 5.41) is 3.27. The quantitative estimate of drug-likeness (QED) is 0.691. The van der Waals surface area contributed by atoms with Crippen LogP contribution in [0.5, 0.6) is 5.75 Å². The Hall–Kier alpha value is -0.840. The maximum atomic E-state index is 5.85. The Morgan fingerprint density at radius 1 is 1.05 bits per heavy atom. The van der Waals surface area contributed by atoms with Gasteiger partial charge in [-0.15, -0.1) is 0 Å². The van der Waals surface area contributed by atoms with Crippen molar-refractivity contribution in [2.45, 2.75) is 12.3 Å². The van der Waals surface area contributed by atoms with Crippen LogP contribution in [0.2, 0.25) is 0 Å². The Bertz CT molecular complexity index is 574. The summed E-state index contributed by atoms with van der Waals surface area (Å²) in [4.78, 5) is 0. The van der Waals surface area contributed by atoms with Crippen molar-refractivity contribution in [3.05, 3.63) is 63.0 Å². The summed E-state index contributed by atoms with van der Waals surface area (Å²) in [7, 11) is 1.99. The molecule has 112 valence electrons. The first-order valence-corrected chi connectivity index (χ1v) is 8.56. The van der Waals surface area contributed by atoms with Crippen molar-refractivity contribution in [3.8, 4) is 5.75 Å². The van der Waals surface area contributed by atoms with E-state index < -0.39 is 0 Å². The van der Waals surface area contributed by atoms with Gasteiger partial charge in [-0.2, -0.15) is 0 Å². The van der Waals surface area contributed by atoms with Gasteiger partial charge in [-0.25, -0.2) is 0 Å². The van der Waals surface area contributed by atoms with Crippen LogP contribution >= 0.6 is 31.9 Å². The fourth-order valence-electron chi connectivity index (χ4n) is 2.27. The molecule has 0 aromatic heterocycles. The van der Waals surface area contributed by atoms with Crippen LogP contribution < -0.4 is 10.1 Å². The van der Waals surface area contributed by atoms with Crippen LogP contribution in [0, 0.1) is 0 Å². The van der Waals surface area contributed by atoms with E-state index in [0.29, 0.717) is 12.5 Å². The zero-order valence-electron chi connectivity index (χ0n) is 12.0. The lowest BCUT2D eigenvalue weighted by Gasteiger charge is -2.18. The molecule has 2 aromatic carbocycles. The van der Waals surface area contributed by atoms with Crippen LogP contribution in [0.3, 0.4) is 0 Å². The molecule has 1 unspecified atom stereocenters. The summed E-state index contributed by atoms with van der Waals surface area (Å²) < 4.78 is 8.01. The monoisotopic (exact) mass is 411 g/mol. The summed E-state index contributed by atoms with van der Waals surface area (Å²) >= 11 is 6.99. The van der Waals surface area contributed by atoms with E-state index >= 15 is 0 Å². The van der Waals surface area contributed by atoms with E-state index in [-0.39, 0.29) is 0 Å². The number of nitrogens with one attached hydrogen (secondary N) is 1. The summed E-state index contributed by atoms with van der Waals surface area (Å²) in [6, 6.07) is 16.4.